The second kappa shape index (κ2) is 12.2. The van der Waals surface area contributed by atoms with Crippen molar-refractivity contribution in [1.82, 2.24) is 5.32 Å². The molecule has 3 rings (SSSR count). The molecule has 6 nitrogen and oxygen atoms in total. The minimum Gasteiger partial charge on any atom is -0.449 e. The SMILES string of the molecule is Bc1ccc(C)c(F)c1OC(=O)CCC(C)OCC(C)NC(=O)OCC1C2CCC#CCCC21S. The van der Waals surface area contributed by atoms with Crippen LogP contribution in [0.1, 0.15) is 57.9 Å². The Hall–Kier alpha value is -2.18. The smallest absolute Gasteiger partial charge is 0.407 e. The average Bonchev–Trinajstić information content (AvgIpc) is 3.35. The second-order valence-electron chi connectivity index (χ2n) is 9.74. The van der Waals surface area contributed by atoms with E-state index >= 15 is 0 Å². The number of nitrogens with one attached hydrogen (secondary N) is 1. The largest absolute Gasteiger partial charge is 0.449 e. The van der Waals surface area contributed by atoms with E-state index in [0.717, 1.165) is 25.7 Å². The van der Waals surface area contributed by atoms with Crippen molar-refractivity contribution < 1.29 is 28.2 Å². The molecule has 35 heavy (non-hydrogen) atoms. The van der Waals surface area contributed by atoms with Gasteiger partial charge in [-0.1, -0.05) is 12.1 Å². The molecular weight excluding hydrogens is 468 g/mol. The van der Waals surface area contributed by atoms with E-state index in [2.05, 4.69) is 17.2 Å². The Kier molecular flexibility index (Phi) is 9.54. The number of ether oxygens (including phenoxy) is 3. The highest BCUT2D eigenvalue weighted by molar-refractivity contribution is 7.82. The minimum absolute atomic E-state index is 0.0198. The topological polar surface area (TPSA) is 73.9 Å². The van der Waals surface area contributed by atoms with E-state index in [0.29, 0.717) is 30.0 Å². The van der Waals surface area contributed by atoms with Crippen LogP contribution in [-0.4, -0.2) is 50.0 Å². The lowest BCUT2D eigenvalue weighted by Crippen LogP contribution is -2.37. The zero-order valence-electron chi connectivity index (χ0n) is 21.0. The van der Waals surface area contributed by atoms with Gasteiger partial charge in [-0.3, -0.25) is 4.79 Å². The number of rotatable bonds is 10. The zero-order chi connectivity index (χ0) is 25.6. The molecule has 0 saturated heterocycles. The number of benzene rings is 1. The zero-order valence-corrected chi connectivity index (χ0v) is 21.9. The normalized spacial score (nSPS) is 24.5. The number of hydrogen-bond acceptors (Lipinski definition) is 6. The van der Waals surface area contributed by atoms with E-state index in [1.807, 2.05) is 13.8 Å². The highest BCUT2D eigenvalue weighted by Crippen LogP contribution is 2.60. The standard InChI is InChI=1S/C26H35BFNO5S/c1-16-9-11-21(27)24(23(16)28)34-22(30)12-10-18(3)32-14-17(2)29-25(31)33-15-20-19-8-6-4-5-7-13-26(19,20)35/h9,11,17-20,35H,6-8,10,12-15,27H2,1-3H3,(H,29,31). The lowest BCUT2D eigenvalue weighted by atomic mass is 9.93. The van der Waals surface area contributed by atoms with Crippen LogP contribution in [0, 0.1) is 36.4 Å². The summed E-state index contributed by atoms with van der Waals surface area (Å²) in [5, 5.41) is 2.78. The summed E-state index contributed by atoms with van der Waals surface area (Å²) < 4.78 is 30.6. The number of esters is 1. The van der Waals surface area contributed by atoms with Crippen LogP contribution < -0.4 is 15.5 Å². The number of carbonyl (C=O) groups excluding carboxylic acids is 2. The molecule has 5 atom stereocenters. The van der Waals surface area contributed by atoms with Gasteiger partial charge in [0.05, 0.1) is 25.4 Å². The summed E-state index contributed by atoms with van der Waals surface area (Å²) in [5.74, 6) is 6.00. The number of alkyl carbamates (subject to hydrolysis) is 1. The summed E-state index contributed by atoms with van der Waals surface area (Å²) in [6.45, 7) is 5.92. The molecule has 1 aromatic carbocycles. The van der Waals surface area contributed by atoms with Gasteiger partial charge in [0.2, 0.25) is 0 Å². The number of hydrogen-bond donors (Lipinski definition) is 2. The van der Waals surface area contributed by atoms with Crippen molar-refractivity contribution in [3.8, 4) is 17.6 Å². The molecule has 5 unspecified atom stereocenters. The first kappa shape index (κ1) is 27.4. The Labute approximate surface area is 213 Å². The third kappa shape index (κ3) is 7.41. The fourth-order valence-corrected chi connectivity index (χ4v) is 5.14. The molecule has 190 valence electrons. The molecule has 1 fully saturated rings. The first-order valence-corrected chi connectivity index (χ1v) is 12.8. The number of thiol groups is 1. The van der Waals surface area contributed by atoms with Crippen LogP contribution in [0.3, 0.4) is 0 Å². The van der Waals surface area contributed by atoms with E-state index in [1.165, 1.54) is 0 Å². The number of halogens is 1. The Morgan fingerprint density at radius 2 is 2.06 bits per heavy atom. The molecule has 1 aromatic rings. The molecular formula is C26H35BFNO5S. The molecule has 2 aliphatic rings. The van der Waals surface area contributed by atoms with Gasteiger partial charge in [0.1, 0.15) is 7.85 Å². The van der Waals surface area contributed by atoms with Crippen LogP contribution >= 0.6 is 12.6 Å². The van der Waals surface area contributed by atoms with Gasteiger partial charge in [0.15, 0.2) is 11.6 Å². The highest BCUT2D eigenvalue weighted by atomic mass is 32.1. The summed E-state index contributed by atoms with van der Waals surface area (Å²) in [5.41, 5.74) is 0.999. The fourth-order valence-electron chi connectivity index (χ4n) is 4.54. The lowest BCUT2D eigenvalue weighted by Gasteiger charge is -2.18. The van der Waals surface area contributed by atoms with Gasteiger partial charge in [-0.2, -0.15) is 12.6 Å². The first-order chi connectivity index (χ1) is 16.6. The average molecular weight is 503 g/mol. The van der Waals surface area contributed by atoms with Crippen LogP contribution in [0.2, 0.25) is 0 Å². The van der Waals surface area contributed by atoms with Crippen molar-refractivity contribution >= 4 is 38.0 Å². The summed E-state index contributed by atoms with van der Waals surface area (Å²) >= 11 is 4.86. The molecule has 0 heterocycles. The molecule has 9 heteroatoms. The van der Waals surface area contributed by atoms with Gasteiger partial charge in [0.25, 0.3) is 0 Å². The van der Waals surface area contributed by atoms with Crippen LogP contribution in [0.5, 0.6) is 5.75 Å². The van der Waals surface area contributed by atoms with Crippen LogP contribution in [0.15, 0.2) is 12.1 Å². The van der Waals surface area contributed by atoms with Gasteiger partial charge >= 0.3 is 12.1 Å². The van der Waals surface area contributed by atoms with Crippen molar-refractivity contribution in [2.45, 2.75) is 76.2 Å². The highest BCUT2D eigenvalue weighted by Gasteiger charge is 2.61. The minimum atomic E-state index is -0.514. The van der Waals surface area contributed by atoms with E-state index in [-0.39, 0.29) is 41.6 Å². The fraction of sp³-hybridized carbons (Fsp3) is 0.615. The van der Waals surface area contributed by atoms with Gasteiger partial charge in [0, 0.05) is 29.9 Å². The van der Waals surface area contributed by atoms with Crippen molar-refractivity contribution in [3.63, 3.8) is 0 Å². The number of fused-ring (bicyclic) bond motifs is 1. The lowest BCUT2D eigenvalue weighted by molar-refractivity contribution is -0.135. The summed E-state index contributed by atoms with van der Waals surface area (Å²) in [7, 11) is 1.70. The molecule has 0 aliphatic heterocycles. The molecule has 0 aromatic heterocycles. The Balaban J connectivity index is 1.31. The molecule has 0 bridgehead atoms. The van der Waals surface area contributed by atoms with Crippen LogP contribution in [0.25, 0.3) is 0 Å². The summed E-state index contributed by atoms with van der Waals surface area (Å²) in [4.78, 5) is 24.4. The van der Waals surface area contributed by atoms with Crippen molar-refractivity contribution in [1.29, 1.82) is 0 Å². The van der Waals surface area contributed by atoms with E-state index < -0.39 is 17.9 Å². The molecule has 1 saturated carbocycles. The van der Waals surface area contributed by atoms with Crippen LogP contribution in [-0.2, 0) is 14.3 Å². The van der Waals surface area contributed by atoms with Crippen molar-refractivity contribution in [3.05, 3.63) is 23.5 Å². The Morgan fingerprint density at radius 1 is 1.31 bits per heavy atom. The maximum atomic E-state index is 14.2. The van der Waals surface area contributed by atoms with E-state index in [1.54, 1.807) is 26.9 Å². The maximum Gasteiger partial charge on any atom is 0.407 e. The van der Waals surface area contributed by atoms with E-state index in [9.17, 15) is 14.0 Å². The third-order valence-electron chi connectivity index (χ3n) is 6.86. The monoisotopic (exact) mass is 503 g/mol. The van der Waals surface area contributed by atoms with Crippen LogP contribution in [0.4, 0.5) is 9.18 Å². The van der Waals surface area contributed by atoms with Crippen molar-refractivity contribution in [2.24, 2.45) is 11.8 Å². The predicted octanol–water partition coefficient (Wildman–Crippen LogP) is 3.09. The Morgan fingerprint density at radius 3 is 2.83 bits per heavy atom. The molecule has 1 amide bonds. The quantitative estimate of drug-likeness (QED) is 0.169. The molecule has 1 N–H and O–H groups in total. The van der Waals surface area contributed by atoms with E-state index in [4.69, 9.17) is 26.8 Å². The first-order valence-electron chi connectivity index (χ1n) is 12.3. The van der Waals surface area contributed by atoms with Gasteiger partial charge in [-0.15, -0.1) is 11.8 Å². The number of amides is 1. The van der Waals surface area contributed by atoms with Gasteiger partial charge in [-0.25, -0.2) is 9.18 Å². The van der Waals surface area contributed by atoms with Gasteiger partial charge in [-0.05, 0) is 57.0 Å². The molecule has 0 radical (unpaired) electrons. The number of aryl methyl sites for hydroxylation is 1. The van der Waals surface area contributed by atoms with Crippen molar-refractivity contribution in [2.75, 3.05) is 13.2 Å². The molecule has 0 spiro atoms. The molecule has 2 aliphatic carbocycles. The number of carbonyl (C=O) groups is 2. The predicted molar refractivity (Wildman–Crippen MR) is 138 cm³/mol. The summed E-state index contributed by atoms with van der Waals surface area (Å²) in [6.07, 6.45) is 3.45. The van der Waals surface area contributed by atoms with Gasteiger partial charge < -0.3 is 19.5 Å². The second-order valence-corrected chi connectivity index (χ2v) is 10.6. The maximum absolute atomic E-state index is 14.2. The Bertz CT molecular complexity index is 996. The summed E-state index contributed by atoms with van der Waals surface area (Å²) in [6, 6.07) is 3.11. The third-order valence-corrected chi connectivity index (χ3v) is 7.75.